The molecule has 1 saturated heterocycles. The summed E-state index contributed by atoms with van der Waals surface area (Å²) < 4.78 is 0. The number of nitro groups is 1. The molecule has 2 rings (SSSR count). The number of aromatic nitrogens is 1. The van der Waals surface area contributed by atoms with Crippen molar-refractivity contribution < 1.29 is 4.92 Å². The molecule has 0 spiro atoms. The van der Waals surface area contributed by atoms with Crippen LogP contribution in [-0.2, 0) is 0 Å². The van der Waals surface area contributed by atoms with Crippen molar-refractivity contribution in [2.75, 3.05) is 25.0 Å². The molecule has 1 aromatic rings. The smallest absolute Gasteiger partial charge is 0.311 e. The summed E-state index contributed by atoms with van der Waals surface area (Å²) in [7, 11) is 1.87. The number of halogens is 1. The van der Waals surface area contributed by atoms with Gasteiger partial charge in [-0.2, -0.15) is 0 Å². The maximum absolute atomic E-state index is 10.9. The summed E-state index contributed by atoms with van der Waals surface area (Å²) >= 11 is 0. The maximum Gasteiger partial charge on any atom is 0.311 e. The lowest BCUT2D eigenvalue weighted by atomic mass is 10.1. The zero-order valence-corrected chi connectivity index (χ0v) is 11.0. The second-order valence-electron chi connectivity index (χ2n) is 4.21. The van der Waals surface area contributed by atoms with Gasteiger partial charge in [0.2, 0.25) is 5.82 Å². The van der Waals surface area contributed by atoms with Crippen molar-refractivity contribution in [2.45, 2.75) is 18.9 Å². The molecule has 7 heteroatoms. The van der Waals surface area contributed by atoms with Gasteiger partial charge in [-0.3, -0.25) is 10.1 Å². The van der Waals surface area contributed by atoms with Crippen molar-refractivity contribution in [3.05, 3.63) is 28.4 Å². The summed E-state index contributed by atoms with van der Waals surface area (Å²) in [5, 5.41) is 14.2. The third-order valence-electron chi connectivity index (χ3n) is 3.12. The molecule has 0 saturated carbocycles. The van der Waals surface area contributed by atoms with Crippen LogP contribution in [0.5, 0.6) is 0 Å². The third kappa shape index (κ3) is 3.08. The van der Waals surface area contributed by atoms with Gasteiger partial charge in [-0.25, -0.2) is 4.98 Å². The Morgan fingerprint density at radius 1 is 1.61 bits per heavy atom. The Hall–Kier alpha value is -1.40. The molecule has 100 valence electrons. The number of nitrogens with zero attached hydrogens (tertiary/aromatic N) is 3. The predicted octanol–water partition coefficient (Wildman–Crippen LogP) is 1.60. The fraction of sp³-hybridized carbons (Fsp3) is 0.545. The van der Waals surface area contributed by atoms with Crippen LogP contribution in [0.2, 0.25) is 0 Å². The van der Waals surface area contributed by atoms with Gasteiger partial charge in [0, 0.05) is 31.9 Å². The molecule has 1 N–H and O–H groups in total. The zero-order valence-electron chi connectivity index (χ0n) is 10.2. The normalized spacial score (nSPS) is 18.8. The van der Waals surface area contributed by atoms with E-state index in [1.807, 2.05) is 11.9 Å². The monoisotopic (exact) mass is 272 g/mol. The molecule has 1 atom stereocenters. The van der Waals surface area contributed by atoms with E-state index in [4.69, 9.17) is 0 Å². The van der Waals surface area contributed by atoms with Gasteiger partial charge in [-0.15, -0.1) is 12.4 Å². The van der Waals surface area contributed by atoms with Crippen molar-refractivity contribution in [3.63, 3.8) is 0 Å². The largest absolute Gasteiger partial charge is 0.350 e. The highest BCUT2D eigenvalue weighted by molar-refractivity contribution is 5.85. The Bertz CT molecular complexity index is 410. The van der Waals surface area contributed by atoms with E-state index in [9.17, 15) is 10.1 Å². The van der Waals surface area contributed by atoms with Gasteiger partial charge in [0.1, 0.15) is 0 Å². The van der Waals surface area contributed by atoms with Gasteiger partial charge in [-0.1, -0.05) is 0 Å². The number of piperidine rings is 1. The molecule has 0 unspecified atom stereocenters. The first-order valence-electron chi connectivity index (χ1n) is 5.73. The number of anilines is 1. The fourth-order valence-corrected chi connectivity index (χ4v) is 2.14. The molecule has 1 aromatic heterocycles. The number of hydrogen-bond donors (Lipinski definition) is 1. The summed E-state index contributed by atoms with van der Waals surface area (Å²) in [5.74, 6) is 0.450. The van der Waals surface area contributed by atoms with E-state index in [1.165, 1.54) is 6.07 Å². The number of rotatable bonds is 3. The Morgan fingerprint density at radius 3 is 3.00 bits per heavy atom. The lowest BCUT2D eigenvalue weighted by Gasteiger charge is -2.32. The van der Waals surface area contributed by atoms with Gasteiger partial charge in [-0.05, 0) is 25.5 Å². The van der Waals surface area contributed by atoms with Crippen molar-refractivity contribution in [3.8, 4) is 0 Å². The van der Waals surface area contributed by atoms with Gasteiger partial charge in [0.05, 0.1) is 4.92 Å². The molecule has 1 aliphatic rings. The number of hydrogen-bond acceptors (Lipinski definition) is 5. The first-order chi connectivity index (χ1) is 8.20. The van der Waals surface area contributed by atoms with Crippen molar-refractivity contribution in [1.29, 1.82) is 0 Å². The van der Waals surface area contributed by atoms with E-state index in [0.29, 0.717) is 5.82 Å². The van der Waals surface area contributed by atoms with Crippen LogP contribution in [-0.4, -0.2) is 36.1 Å². The van der Waals surface area contributed by atoms with E-state index in [1.54, 1.807) is 12.3 Å². The number of nitrogens with one attached hydrogen (secondary N) is 1. The number of pyridine rings is 1. The molecule has 1 fully saturated rings. The minimum Gasteiger partial charge on any atom is -0.350 e. The lowest BCUT2D eigenvalue weighted by molar-refractivity contribution is -0.384. The second kappa shape index (κ2) is 6.51. The Balaban J connectivity index is 0.00000162. The van der Waals surface area contributed by atoms with E-state index < -0.39 is 0 Å². The zero-order chi connectivity index (χ0) is 12.3. The molecule has 0 radical (unpaired) electrons. The Morgan fingerprint density at radius 2 is 2.39 bits per heavy atom. The summed E-state index contributed by atoms with van der Waals surface area (Å²) in [6.07, 6.45) is 3.72. The minimum absolute atomic E-state index is 0. The minimum atomic E-state index is -0.380. The molecular formula is C11H17ClN4O2. The van der Waals surface area contributed by atoms with Crippen LogP contribution in [0.1, 0.15) is 12.8 Å². The van der Waals surface area contributed by atoms with E-state index in [2.05, 4.69) is 10.3 Å². The predicted molar refractivity (Wildman–Crippen MR) is 72.4 cm³/mol. The summed E-state index contributed by atoms with van der Waals surface area (Å²) in [4.78, 5) is 16.6. The van der Waals surface area contributed by atoms with Crippen LogP contribution < -0.4 is 10.2 Å². The molecule has 0 aromatic carbocycles. The van der Waals surface area contributed by atoms with Gasteiger partial charge in [0.15, 0.2) is 0 Å². The number of likely N-dealkylation sites (N-methyl/N-ethyl adjacent to an activating group) is 1. The topological polar surface area (TPSA) is 71.3 Å². The Kier molecular flexibility index (Phi) is 5.30. The Labute approximate surface area is 112 Å². The van der Waals surface area contributed by atoms with Crippen LogP contribution in [0, 0.1) is 10.1 Å². The van der Waals surface area contributed by atoms with E-state index >= 15 is 0 Å². The van der Waals surface area contributed by atoms with Gasteiger partial charge >= 0.3 is 5.69 Å². The van der Waals surface area contributed by atoms with Crippen LogP contribution in [0.4, 0.5) is 11.5 Å². The van der Waals surface area contributed by atoms with Crippen LogP contribution in [0.15, 0.2) is 18.3 Å². The summed E-state index contributed by atoms with van der Waals surface area (Å²) in [6.45, 7) is 1.87. The van der Waals surface area contributed by atoms with Crippen LogP contribution in [0.25, 0.3) is 0 Å². The standard InChI is InChI=1S/C11H16N4O2.ClH/c1-14(9-4-2-6-12-8-9)11-10(15(16)17)5-3-7-13-11;/h3,5,7,9,12H,2,4,6,8H2,1H3;1H/t9-;/m1./s1. The molecule has 0 bridgehead atoms. The second-order valence-corrected chi connectivity index (χ2v) is 4.21. The molecule has 1 aliphatic heterocycles. The van der Waals surface area contributed by atoms with Crippen LogP contribution in [0.3, 0.4) is 0 Å². The summed E-state index contributed by atoms with van der Waals surface area (Å²) in [6, 6.07) is 3.36. The highest BCUT2D eigenvalue weighted by Gasteiger charge is 2.24. The molecule has 2 heterocycles. The quantitative estimate of drug-likeness (QED) is 0.668. The molecular weight excluding hydrogens is 256 g/mol. The SMILES string of the molecule is CN(c1ncccc1[N+](=O)[O-])[C@@H]1CCCNC1.Cl. The first kappa shape index (κ1) is 14.7. The molecule has 6 nitrogen and oxygen atoms in total. The molecule has 18 heavy (non-hydrogen) atoms. The summed E-state index contributed by atoms with van der Waals surface area (Å²) in [5.41, 5.74) is 0.0700. The van der Waals surface area contributed by atoms with Crippen molar-refractivity contribution in [2.24, 2.45) is 0 Å². The molecule has 0 amide bonds. The van der Waals surface area contributed by atoms with Crippen molar-refractivity contribution in [1.82, 2.24) is 10.3 Å². The van der Waals surface area contributed by atoms with Gasteiger partial charge in [0.25, 0.3) is 0 Å². The fourth-order valence-electron chi connectivity index (χ4n) is 2.14. The third-order valence-corrected chi connectivity index (χ3v) is 3.12. The first-order valence-corrected chi connectivity index (χ1v) is 5.73. The molecule has 0 aliphatic carbocycles. The average molecular weight is 273 g/mol. The van der Waals surface area contributed by atoms with E-state index in [0.717, 1.165) is 25.9 Å². The van der Waals surface area contributed by atoms with Gasteiger partial charge < -0.3 is 10.2 Å². The van der Waals surface area contributed by atoms with Crippen LogP contribution >= 0.6 is 12.4 Å². The lowest BCUT2D eigenvalue weighted by Crippen LogP contribution is -2.44. The van der Waals surface area contributed by atoms with Crippen molar-refractivity contribution >= 4 is 23.9 Å². The van der Waals surface area contributed by atoms with E-state index in [-0.39, 0.29) is 29.1 Å². The maximum atomic E-state index is 10.9. The average Bonchev–Trinajstić information content (AvgIpc) is 2.39. The highest BCUT2D eigenvalue weighted by Crippen LogP contribution is 2.26. The highest BCUT2D eigenvalue weighted by atomic mass is 35.5.